The van der Waals surface area contributed by atoms with Gasteiger partial charge in [-0.1, -0.05) is 134 Å². The highest BCUT2D eigenvalue weighted by atomic mass is 15.0. The van der Waals surface area contributed by atoms with Crippen LogP contribution in [0.3, 0.4) is 0 Å². The fourth-order valence-electron chi connectivity index (χ4n) is 10.5. The van der Waals surface area contributed by atoms with Crippen LogP contribution in [0.25, 0.3) is 117 Å². The van der Waals surface area contributed by atoms with Gasteiger partial charge in [0.05, 0.1) is 39.0 Å². The van der Waals surface area contributed by atoms with Crippen LogP contribution in [0.5, 0.6) is 0 Å². The van der Waals surface area contributed by atoms with Crippen LogP contribution in [0.4, 0.5) is 0 Å². The van der Waals surface area contributed by atoms with Crippen molar-refractivity contribution in [3.05, 3.63) is 230 Å². The summed E-state index contributed by atoms with van der Waals surface area (Å²) in [6.45, 7) is 4.28. The SMILES string of the molecule is C=Cc1cc(-c2cc(-c3cccc(-n4c5c(c6ccccc64)CCC=C5)c3)nc(-c3cccc(-n4c5ccccc5c5ccccc54)c3)c2)cc(-n2c3ccccc3c3ccccc32)c1. The second-order valence-electron chi connectivity index (χ2n) is 17.1. The Kier molecular flexibility index (Phi) is 8.47. The second kappa shape index (κ2) is 14.8. The van der Waals surface area contributed by atoms with Gasteiger partial charge in [-0.2, -0.15) is 0 Å². The van der Waals surface area contributed by atoms with E-state index in [4.69, 9.17) is 4.98 Å². The molecular weight excluding hydrogens is 789 g/mol. The molecule has 8 aromatic carbocycles. The van der Waals surface area contributed by atoms with Gasteiger partial charge in [-0.15, -0.1) is 0 Å². The van der Waals surface area contributed by atoms with Gasteiger partial charge in [0.1, 0.15) is 0 Å². The summed E-state index contributed by atoms with van der Waals surface area (Å²) in [6.07, 6.45) is 8.66. The fraction of sp³-hybridized carbons (Fsp3) is 0.0328. The Labute approximate surface area is 376 Å². The summed E-state index contributed by atoms with van der Waals surface area (Å²) in [5, 5.41) is 6.27. The lowest BCUT2D eigenvalue weighted by Gasteiger charge is -2.16. The van der Waals surface area contributed by atoms with E-state index in [1.807, 2.05) is 6.08 Å². The van der Waals surface area contributed by atoms with Gasteiger partial charge >= 0.3 is 0 Å². The van der Waals surface area contributed by atoms with E-state index in [1.165, 1.54) is 65.8 Å². The van der Waals surface area contributed by atoms with Crippen molar-refractivity contribution in [3.8, 4) is 50.7 Å². The molecule has 0 atom stereocenters. The summed E-state index contributed by atoms with van der Waals surface area (Å²) in [5.41, 5.74) is 19.0. The number of rotatable bonds is 7. The molecule has 0 spiro atoms. The van der Waals surface area contributed by atoms with Crippen molar-refractivity contribution in [2.24, 2.45) is 0 Å². The van der Waals surface area contributed by atoms with E-state index in [-0.39, 0.29) is 0 Å². The van der Waals surface area contributed by atoms with Crippen molar-refractivity contribution in [1.29, 1.82) is 0 Å². The van der Waals surface area contributed by atoms with Crippen molar-refractivity contribution in [2.45, 2.75) is 12.8 Å². The van der Waals surface area contributed by atoms with Crippen LogP contribution in [0.1, 0.15) is 23.2 Å². The Balaban J connectivity index is 1.03. The summed E-state index contributed by atoms with van der Waals surface area (Å²) < 4.78 is 7.19. The maximum atomic E-state index is 5.56. The molecule has 306 valence electrons. The van der Waals surface area contributed by atoms with Crippen molar-refractivity contribution in [2.75, 3.05) is 0 Å². The largest absolute Gasteiger partial charge is 0.310 e. The van der Waals surface area contributed by atoms with Gasteiger partial charge in [0.15, 0.2) is 0 Å². The van der Waals surface area contributed by atoms with Crippen molar-refractivity contribution >= 4 is 66.7 Å². The molecule has 4 nitrogen and oxygen atoms in total. The molecule has 0 aliphatic heterocycles. The number of pyridine rings is 1. The zero-order valence-corrected chi connectivity index (χ0v) is 35.7. The molecule has 4 heterocycles. The molecule has 13 rings (SSSR count). The van der Waals surface area contributed by atoms with E-state index in [2.05, 4.69) is 233 Å². The van der Waals surface area contributed by atoms with E-state index in [1.54, 1.807) is 0 Å². The summed E-state index contributed by atoms with van der Waals surface area (Å²) in [5.74, 6) is 0. The summed E-state index contributed by atoms with van der Waals surface area (Å²) in [7, 11) is 0. The van der Waals surface area contributed by atoms with E-state index in [9.17, 15) is 0 Å². The Morgan fingerprint density at radius 1 is 0.400 bits per heavy atom. The molecule has 0 N–H and O–H groups in total. The van der Waals surface area contributed by atoms with E-state index < -0.39 is 0 Å². The van der Waals surface area contributed by atoms with E-state index in [0.29, 0.717) is 0 Å². The average molecular weight is 831 g/mol. The topological polar surface area (TPSA) is 27.7 Å². The highest BCUT2D eigenvalue weighted by Gasteiger charge is 2.20. The minimum atomic E-state index is 0.902. The molecule has 0 radical (unpaired) electrons. The molecule has 4 aromatic heterocycles. The van der Waals surface area contributed by atoms with Crippen molar-refractivity contribution < 1.29 is 0 Å². The lowest BCUT2D eigenvalue weighted by Crippen LogP contribution is -2.01. The van der Waals surface area contributed by atoms with Gasteiger partial charge in [-0.3, -0.25) is 0 Å². The molecule has 0 fully saturated rings. The Hall–Kier alpha value is -8.47. The van der Waals surface area contributed by atoms with Gasteiger partial charge in [0, 0.05) is 60.8 Å². The Morgan fingerprint density at radius 2 is 0.846 bits per heavy atom. The molecule has 0 saturated carbocycles. The monoisotopic (exact) mass is 830 g/mol. The number of nitrogens with zero attached hydrogens (tertiary/aromatic N) is 4. The standard InChI is InChI=1S/C61H42N4/c1-2-40-33-43(37-47(34-40)65-60-31-13-7-25-52(60)53-26-8-14-32-61(53)65)44-38-54(41-17-15-19-45(35-41)63-56-27-9-3-21-48(56)49-22-4-10-28-57(49)63)62-55(39-44)42-18-16-20-46(36-42)64-58-29-11-5-23-50(58)51-24-6-12-30-59(51)64/h2-5,7-23,25-39H,1,6,24H2. The third kappa shape index (κ3) is 5.95. The number of aromatic nitrogens is 4. The molecule has 4 heteroatoms. The van der Waals surface area contributed by atoms with Crippen LogP contribution in [-0.4, -0.2) is 18.7 Å². The first-order chi connectivity index (χ1) is 32.2. The first-order valence-corrected chi connectivity index (χ1v) is 22.5. The summed E-state index contributed by atoms with van der Waals surface area (Å²) in [4.78, 5) is 5.56. The van der Waals surface area contributed by atoms with Crippen LogP contribution in [0.2, 0.25) is 0 Å². The lowest BCUT2D eigenvalue weighted by atomic mass is 9.97. The quantitative estimate of drug-likeness (QED) is 0.157. The van der Waals surface area contributed by atoms with Gasteiger partial charge in [0.25, 0.3) is 0 Å². The number of hydrogen-bond acceptors (Lipinski definition) is 1. The molecular formula is C61H42N4. The molecule has 0 bridgehead atoms. The maximum absolute atomic E-state index is 5.56. The molecule has 1 aliphatic rings. The van der Waals surface area contributed by atoms with Gasteiger partial charge in [0.2, 0.25) is 0 Å². The van der Waals surface area contributed by atoms with Gasteiger partial charge < -0.3 is 13.7 Å². The number of benzene rings is 8. The van der Waals surface area contributed by atoms with E-state index >= 15 is 0 Å². The zero-order valence-electron chi connectivity index (χ0n) is 35.7. The molecule has 0 saturated heterocycles. The highest BCUT2D eigenvalue weighted by molar-refractivity contribution is 6.10. The molecule has 0 unspecified atom stereocenters. The second-order valence-corrected chi connectivity index (χ2v) is 17.1. The smallest absolute Gasteiger partial charge is 0.0716 e. The van der Waals surface area contributed by atoms with Gasteiger partial charge in [-0.05, 0) is 126 Å². The molecule has 0 amide bonds. The lowest BCUT2D eigenvalue weighted by molar-refractivity contribution is 0.967. The summed E-state index contributed by atoms with van der Waals surface area (Å²) >= 11 is 0. The summed E-state index contributed by atoms with van der Waals surface area (Å²) in [6, 6.07) is 72.7. The van der Waals surface area contributed by atoms with Crippen LogP contribution >= 0.6 is 0 Å². The first-order valence-electron chi connectivity index (χ1n) is 22.5. The molecule has 65 heavy (non-hydrogen) atoms. The number of allylic oxidation sites excluding steroid dienone is 1. The third-order valence-corrected chi connectivity index (χ3v) is 13.4. The highest BCUT2D eigenvalue weighted by Crippen LogP contribution is 2.39. The number of hydrogen-bond donors (Lipinski definition) is 0. The number of fused-ring (bicyclic) bond motifs is 9. The molecule has 12 aromatic rings. The van der Waals surface area contributed by atoms with Crippen molar-refractivity contribution in [1.82, 2.24) is 18.7 Å². The van der Waals surface area contributed by atoms with Crippen LogP contribution in [0.15, 0.2) is 213 Å². The molecule has 1 aliphatic carbocycles. The Bertz CT molecular complexity index is 3820. The van der Waals surface area contributed by atoms with Crippen LogP contribution in [-0.2, 0) is 6.42 Å². The number of aryl methyl sites for hydroxylation is 1. The third-order valence-electron chi connectivity index (χ3n) is 13.4. The van der Waals surface area contributed by atoms with Crippen molar-refractivity contribution in [3.63, 3.8) is 0 Å². The minimum Gasteiger partial charge on any atom is -0.310 e. The average Bonchev–Trinajstić information content (AvgIpc) is 4.02. The van der Waals surface area contributed by atoms with Crippen LogP contribution in [0, 0.1) is 0 Å². The van der Waals surface area contributed by atoms with E-state index in [0.717, 1.165) is 69.1 Å². The predicted molar refractivity (Wildman–Crippen MR) is 274 cm³/mol. The first kappa shape index (κ1) is 37.1. The fourth-order valence-corrected chi connectivity index (χ4v) is 10.5. The Morgan fingerprint density at radius 3 is 1.38 bits per heavy atom. The normalized spacial score (nSPS) is 12.5. The number of para-hydroxylation sites is 5. The zero-order chi connectivity index (χ0) is 43.0. The maximum Gasteiger partial charge on any atom is 0.0716 e. The minimum absolute atomic E-state index is 0.902. The van der Waals surface area contributed by atoms with Crippen LogP contribution < -0.4 is 0 Å². The van der Waals surface area contributed by atoms with Gasteiger partial charge in [-0.25, -0.2) is 4.98 Å². The predicted octanol–water partition coefficient (Wildman–Crippen LogP) is 15.8.